The molecular weight excluding hydrogens is 323 g/mol. The van der Waals surface area contributed by atoms with Gasteiger partial charge in [0.2, 0.25) is 0 Å². The fraction of sp³-hybridized carbons (Fsp3) is 0.333. The molecule has 0 saturated heterocycles. The molecule has 1 aliphatic rings. The van der Waals surface area contributed by atoms with Crippen molar-refractivity contribution in [1.29, 1.82) is 0 Å². The molecule has 2 aromatic carbocycles. The molecule has 0 spiro atoms. The fourth-order valence-electron chi connectivity index (χ4n) is 2.94. The van der Waals surface area contributed by atoms with Crippen LogP contribution in [0.3, 0.4) is 0 Å². The van der Waals surface area contributed by atoms with E-state index in [-0.39, 0.29) is 5.41 Å². The Labute approximate surface area is 155 Å². The van der Waals surface area contributed by atoms with Crippen molar-refractivity contribution in [2.45, 2.75) is 24.9 Å². The van der Waals surface area contributed by atoms with Crippen LogP contribution in [0, 0.1) is 5.41 Å². The van der Waals surface area contributed by atoms with Crippen LogP contribution in [0.25, 0.3) is 0 Å². The van der Waals surface area contributed by atoms with Crippen LogP contribution in [0.5, 0.6) is 5.75 Å². The molecule has 0 bridgehead atoms. The second kappa shape index (κ2) is 7.99. The average Bonchev–Trinajstić information content (AvgIpc) is 2.57. The van der Waals surface area contributed by atoms with E-state index in [1.54, 1.807) is 0 Å². The Bertz CT molecular complexity index is 719. The maximum atomic E-state index is 6.35. The van der Waals surface area contributed by atoms with E-state index in [9.17, 15) is 0 Å². The van der Waals surface area contributed by atoms with Crippen molar-refractivity contribution < 1.29 is 3.79 Å². The molecule has 25 heavy (non-hydrogen) atoms. The second-order valence-electron chi connectivity index (χ2n) is 7.47. The molecule has 2 aromatic rings. The minimum Gasteiger partial charge on any atom is -0.642 e. The summed E-state index contributed by atoms with van der Waals surface area (Å²) in [6, 6.07) is 16.7. The van der Waals surface area contributed by atoms with E-state index >= 15 is 0 Å². The van der Waals surface area contributed by atoms with Crippen LogP contribution in [-0.4, -0.2) is 40.0 Å². The van der Waals surface area contributed by atoms with Gasteiger partial charge in [-0.3, -0.25) is 9.98 Å². The number of fused-ring (bicyclic) bond motifs is 2. The zero-order valence-corrected chi connectivity index (χ0v) is 16.4. The smallest absolute Gasteiger partial charge is 0.548 e. The zero-order valence-electron chi connectivity index (χ0n) is 15.3. The Morgan fingerprint density at radius 2 is 1.48 bits per heavy atom. The van der Waals surface area contributed by atoms with Crippen LogP contribution in [0.4, 0.5) is 0 Å². The summed E-state index contributed by atoms with van der Waals surface area (Å²) in [5, 5.41) is 0.983. The number of benzene rings is 2. The van der Waals surface area contributed by atoms with Gasteiger partial charge in [-0.25, -0.2) is 0 Å². The Morgan fingerprint density at radius 1 is 0.880 bits per heavy atom. The average molecular weight is 348 g/mol. The maximum absolute atomic E-state index is 6.35. The molecule has 3 rings (SSSR count). The summed E-state index contributed by atoms with van der Waals surface area (Å²) in [6.07, 6.45) is 3.96. The van der Waals surface area contributed by atoms with E-state index in [1.165, 1.54) is 11.1 Å². The van der Waals surface area contributed by atoms with E-state index < -0.39 is 14.5 Å². The Hall–Kier alpha value is -1.89. The molecule has 0 radical (unpaired) electrons. The van der Waals surface area contributed by atoms with Crippen LogP contribution >= 0.6 is 0 Å². The predicted molar refractivity (Wildman–Crippen MR) is 108 cm³/mol. The van der Waals surface area contributed by atoms with Gasteiger partial charge in [-0.2, -0.15) is 0 Å². The Kier molecular flexibility index (Phi) is 5.73. The van der Waals surface area contributed by atoms with Gasteiger partial charge in [0.05, 0.1) is 5.75 Å². The Balaban J connectivity index is 1.96. The molecular formula is C21H25AlN2O. The molecule has 3 nitrogen and oxygen atoms in total. The SMILES string of the molecule is [CH3][Al]1[CH2]c2ccccc2C=NCC(C)(C)CN=Cc2ccccc2[O]1. The quantitative estimate of drug-likeness (QED) is 0.652. The summed E-state index contributed by atoms with van der Waals surface area (Å²) < 4.78 is 6.35. The van der Waals surface area contributed by atoms with Gasteiger partial charge >= 0.3 is 14.5 Å². The van der Waals surface area contributed by atoms with Crippen molar-refractivity contribution in [3.05, 3.63) is 65.2 Å². The molecule has 0 aliphatic carbocycles. The first-order valence-corrected chi connectivity index (χ1v) is 11.3. The van der Waals surface area contributed by atoms with Crippen LogP contribution in [0.1, 0.15) is 30.5 Å². The molecule has 0 amide bonds. The summed E-state index contributed by atoms with van der Waals surface area (Å²) in [5.74, 6) is 3.20. The number of nitrogens with zero attached hydrogens (tertiary/aromatic N) is 2. The van der Waals surface area contributed by atoms with Crippen molar-refractivity contribution in [3.63, 3.8) is 0 Å². The molecule has 0 atom stereocenters. The van der Waals surface area contributed by atoms with Crippen molar-refractivity contribution in [2.75, 3.05) is 13.1 Å². The van der Waals surface area contributed by atoms with Gasteiger partial charge in [0.25, 0.3) is 0 Å². The van der Waals surface area contributed by atoms with E-state index in [0.29, 0.717) is 0 Å². The molecule has 0 saturated carbocycles. The van der Waals surface area contributed by atoms with E-state index in [2.05, 4.69) is 61.0 Å². The van der Waals surface area contributed by atoms with Crippen molar-refractivity contribution in [2.24, 2.45) is 15.4 Å². The highest BCUT2D eigenvalue weighted by molar-refractivity contribution is 6.50. The highest BCUT2D eigenvalue weighted by atomic mass is 27.2. The number of hydrogen-bond donors (Lipinski definition) is 0. The van der Waals surface area contributed by atoms with Gasteiger partial charge in [0.1, 0.15) is 0 Å². The molecule has 0 N–H and O–H groups in total. The fourth-order valence-corrected chi connectivity index (χ4v) is 4.66. The third-order valence-electron chi connectivity index (χ3n) is 4.31. The van der Waals surface area contributed by atoms with Crippen molar-refractivity contribution in [3.8, 4) is 5.75 Å². The van der Waals surface area contributed by atoms with Gasteiger partial charge in [0, 0.05) is 36.5 Å². The number of aliphatic imine (C=N–C) groups is 2. The van der Waals surface area contributed by atoms with Crippen LogP contribution in [0.15, 0.2) is 58.5 Å². The summed E-state index contributed by atoms with van der Waals surface area (Å²) in [5.41, 5.74) is 3.62. The minimum absolute atomic E-state index is 0.0316. The summed E-state index contributed by atoms with van der Waals surface area (Å²) in [7, 11) is 0. The zero-order chi connectivity index (χ0) is 17.7. The molecule has 0 fully saturated rings. The number of hydrogen-bond acceptors (Lipinski definition) is 3. The highest BCUT2D eigenvalue weighted by Crippen LogP contribution is 2.21. The normalized spacial score (nSPS) is 17.2. The molecule has 0 unspecified atom stereocenters. The van der Waals surface area contributed by atoms with Gasteiger partial charge < -0.3 is 3.79 Å². The third-order valence-corrected chi connectivity index (χ3v) is 5.98. The van der Waals surface area contributed by atoms with E-state index in [0.717, 1.165) is 29.7 Å². The molecule has 1 aliphatic heterocycles. The molecule has 4 heteroatoms. The lowest BCUT2D eigenvalue weighted by atomic mass is 9.94. The van der Waals surface area contributed by atoms with Gasteiger partial charge in [0.15, 0.2) is 0 Å². The maximum Gasteiger partial charge on any atom is 0.548 e. The predicted octanol–water partition coefficient (Wildman–Crippen LogP) is 4.35. The summed E-state index contributed by atoms with van der Waals surface area (Å²) in [4.78, 5) is 9.36. The second-order valence-corrected chi connectivity index (χ2v) is 9.74. The lowest BCUT2D eigenvalue weighted by Crippen LogP contribution is -2.23. The van der Waals surface area contributed by atoms with E-state index in [1.807, 2.05) is 24.6 Å². The van der Waals surface area contributed by atoms with Crippen molar-refractivity contribution >= 4 is 26.9 Å². The molecule has 1 heterocycles. The van der Waals surface area contributed by atoms with Crippen LogP contribution in [0.2, 0.25) is 5.79 Å². The number of rotatable bonds is 0. The first-order valence-electron chi connectivity index (χ1n) is 8.87. The van der Waals surface area contributed by atoms with Gasteiger partial charge in [-0.15, -0.1) is 0 Å². The third kappa shape index (κ3) is 5.04. The van der Waals surface area contributed by atoms with Crippen LogP contribution in [-0.2, 0) is 5.28 Å². The minimum atomic E-state index is -1.40. The summed E-state index contributed by atoms with van der Waals surface area (Å²) in [6.45, 7) is 5.92. The standard InChI is InChI=1S/C20H23N2O.CH3.Al/c1-16-8-4-5-9-17(16)12-21-14-20(2,3)15-22-13-18-10-6-7-11-19(18)23;;/h4-13,23H,1,14-15H2,2-3H3;1H3;/q;;+1/p-1. The Morgan fingerprint density at radius 3 is 2.24 bits per heavy atom. The molecule has 128 valence electrons. The number of para-hydroxylation sites is 1. The lowest BCUT2D eigenvalue weighted by Gasteiger charge is -2.20. The highest BCUT2D eigenvalue weighted by Gasteiger charge is 2.21. The lowest BCUT2D eigenvalue weighted by molar-refractivity contribution is 0.396. The largest absolute Gasteiger partial charge is 0.642 e. The topological polar surface area (TPSA) is 34.0 Å². The summed E-state index contributed by atoms with van der Waals surface area (Å²) >= 11 is -1.40. The first kappa shape index (κ1) is 17.9. The first-order chi connectivity index (χ1) is 12.0. The molecule has 0 aromatic heterocycles. The van der Waals surface area contributed by atoms with Gasteiger partial charge in [-0.1, -0.05) is 56.0 Å². The monoisotopic (exact) mass is 348 g/mol. The van der Waals surface area contributed by atoms with Crippen molar-refractivity contribution in [1.82, 2.24) is 0 Å². The van der Waals surface area contributed by atoms with Crippen LogP contribution < -0.4 is 3.79 Å². The van der Waals surface area contributed by atoms with E-state index in [4.69, 9.17) is 8.78 Å². The van der Waals surface area contributed by atoms with Gasteiger partial charge in [-0.05, 0) is 28.5 Å².